The van der Waals surface area contributed by atoms with Crippen molar-refractivity contribution in [3.05, 3.63) is 29.8 Å². The van der Waals surface area contributed by atoms with Crippen molar-refractivity contribution < 1.29 is 12.4 Å². The number of nitrogens with one attached hydrogen (secondary N) is 1. The molecule has 0 amide bonds. The van der Waals surface area contributed by atoms with Crippen molar-refractivity contribution in [2.45, 2.75) is 18.4 Å². The lowest BCUT2D eigenvalue weighted by Gasteiger charge is -2.02. The number of halogens is 1. The second-order valence-electron chi connectivity index (χ2n) is 2.63. The number of thioether (sulfide) groups is 1. The van der Waals surface area contributed by atoms with E-state index in [0.29, 0.717) is 0 Å². The summed E-state index contributed by atoms with van der Waals surface area (Å²) in [5, 5.41) is 3.30. The third-order valence-corrected chi connectivity index (χ3v) is 2.48. The highest BCUT2D eigenvalue weighted by Crippen LogP contribution is 2.14. The largest absolute Gasteiger partial charge is 1.00 e. The van der Waals surface area contributed by atoms with Gasteiger partial charge in [-0.2, -0.15) is 0 Å². The summed E-state index contributed by atoms with van der Waals surface area (Å²) in [7, 11) is 0. The van der Waals surface area contributed by atoms with E-state index < -0.39 is 0 Å². The Bertz CT molecular complexity index is 223. The maximum atomic E-state index is 3.30. The summed E-state index contributed by atoms with van der Waals surface area (Å²) in [5.41, 5.74) is 1.36. The maximum absolute atomic E-state index is 3.30. The molecule has 0 heterocycles. The van der Waals surface area contributed by atoms with Crippen LogP contribution in [0.15, 0.2) is 29.2 Å². The second kappa shape index (κ2) is 7.25. The Hall–Kier alpha value is -0.180. The van der Waals surface area contributed by atoms with Gasteiger partial charge >= 0.3 is 0 Å². The molecule has 0 fully saturated rings. The zero-order valence-corrected chi connectivity index (χ0v) is 9.58. The molecule has 0 aliphatic rings. The monoisotopic (exact) mass is 216 g/mol. The van der Waals surface area contributed by atoms with Crippen LogP contribution in [0.2, 0.25) is 0 Å². The summed E-state index contributed by atoms with van der Waals surface area (Å²) >= 11 is 1.78. The van der Waals surface area contributed by atoms with Gasteiger partial charge in [0.25, 0.3) is 0 Å². The highest BCUT2D eigenvalue weighted by Gasteiger charge is 1.91. The van der Waals surface area contributed by atoms with Crippen molar-refractivity contribution in [2.24, 2.45) is 0 Å². The van der Waals surface area contributed by atoms with E-state index in [1.54, 1.807) is 11.8 Å². The van der Waals surface area contributed by atoms with E-state index in [9.17, 15) is 0 Å². The van der Waals surface area contributed by atoms with Crippen molar-refractivity contribution in [1.29, 1.82) is 0 Å². The van der Waals surface area contributed by atoms with Gasteiger partial charge in [0, 0.05) is 11.4 Å². The molecule has 1 nitrogen and oxygen atoms in total. The maximum Gasteiger partial charge on any atom is 0.0205 e. The van der Waals surface area contributed by atoms with Crippen LogP contribution >= 0.6 is 11.8 Å². The molecular weight excluding hydrogens is 202 g/mol. The van der Waals surface area contributed by atoms with E-state index in [4.69, 9.17) is 0 Å². The molecular formula is C10H15ClNS-. The van der Waals surface area contributed by atoms with Gasteiger partial charge in [-0.1, -0.05) is 19.1 Å². The quantitative estimate of drug-likeness (QED) is 0.683. The van der Waals surface area contributed by atoms with Crippen LogP contribution < -0.4 is 17.7 Å². The van der Waals surface area contributed by atoms with Crippen LogP contribution in [0, 0.1) is 0 Å². The Morgan fingerprint density at radius 2 is 1.85 bits per heavy atom. The van der Waals surface area contributed by atoms with Crippen molar-refractivity contribution in [1.82, 2.24) is 5.32 Å². The van der Waals surface area contributed by atoms with Gasteiger partial charge in [-0.15, -0.1) is 11.8 Å². The van der Waals surface area contributed by atoms with Crippen molar-refractivity contribution in [3.8, 4) is 0 Å². The molecule has 0 aromatic heterocycles. The Morgan fingerprint density at radius 3 is 2.31 bits per heavy atom. The predicted molar refractivity (Wildman–Crippen MR) is 55.6 cm³/mol. The molecule has 13 heavy (non-hydrogen) atoms. The van der Waals surface area contributed by atoms with Crippen molar-refractivity contribution >= 4 is 11.8 Å². The normalized spacial score (nSPS) is 9.38. The molecule has 3 heteroatoms. The van der Waals surface area contributed by atoms with E-state index in [2.05, 4.69) is 42.8 Å². The standard InChI is InChI=1S/C10H15NS.ClH/c1-3-11-8-9-4-6-10(12-2)7-5-9;/h4-7,11H,3,8H2,1-2H3;1H/p-1. The third-order valence-electron chi connectivity index (χ3n) is 1.74. The zero-order chi connectivity index (χ0) is 8.81. The summed E-state index contributed by atoms with van der Waals surface area (Å²) in [6.07, 6.45) is 2.10. The molecule has 1 aromatic carbocycles. The zero-order valence-electron chi connectivity index (χ0n) is 8.01. The van der Waals surface area contributed by atoms with Crippen LogP contribution in [0.25, 0.3) is 0 Å². The average Bonchev–Trinajstić information content (AvgIpc) is 2.15. The number of benzene rings is 1. The molecule has 1 N–H and O–H groups in total. The first-order chi connectivity index (χ1) is 5.86. The first-order valence-corrected chi connectivity index (χ1v) is 5.43. The van der Waals surface area contributed by atoms with E-state index in [0.717, 1.165) is 13.1 Å². The van der Waals surface area contributed by atoms with Gasteiger partial charge in [0.15, 0.2) is 0 Å². The van der Waals surface area contributed by atoms with Gasteiger partial charge in [-0.05, 0) is 30.5 Å². The second-order valence-corrected chi connectivity index (χ2v) is 3.51. The highest BCUT2D eigenvalue weighted by atomic mass is 35.5. The van der Waals surface area contributed by atoms with Gasteiger partial charge < -0.3 is 17.7 Å². The first-order valence-electron chi connectivity index (χ1n) is 4.20. The van der Waals surface area contributed by atoms with E-state index >= 15 is 0 Å². The molecule has 74 valence electrons. The van der Waals surface area contributed by atoms with Crippen LogP contribution in [0.1, 0.15) is 12.5 Å². The molecule has 0 aliphatic heterocycles. The lowest BCUT2D eigenvalue weighted by molar-refractivity contribution is -0.00000258. The Balaban J connectivity index is 0.00000144. The van der Waals surface area contributed by atoms with Gasteiger partial charge in [0.05, 0.1) is 0 Å². The van der Waals surface area contributed by atoms with Crippen LogP contribution in [0.4, 0.5) is 0 Å². The molecule has 0 saturated heterocycles. The Kier molecular flexibility index (Phi) is 7.14. The fraction of sp³-hybridized carbons (Fsp3) is 0.400. The molecule has 0 atom stereocenters. The first kappa shape index (κ1) is 12.8. The topological polar surface area (TPSA) is 12.0 Å². The molecule has 0 aliphatic carbocycles. The van der Waals surface area contributed by atoms with Crippen LogP contribution in [0.3, 0.4) is 0 Å². The Labute approximate surface area is 90.7 Å². The van der Waals surface area contributed by atoms with Gasteiger partial charge in [0.1, 0.15) is 0 Å². The molecule has 0 unspecified atom stereocenters. The van der Waals surface area contributed by atoms with Crippen LogP contribution in [0.5, 0.6) is 0 Å². The number of hydrogen-bond donors (Lipinski definition) is 1. The molecule has 1 aromatic rings. The Morgan fingerprint density at radius 1 is 1.23 bits per heavy atom. The SMILES string of the molecule is CCNCc1ccc(SC)cc1.[Cl-]. The molecule has 0 spiro atoms. The summed E-state index contributed by atoms with van der Waals surface area (Å²) in [6, 6.07) is 8.68. The lowest BCUT2D eigenvalue weighted by atomic mass is 10.2. The third kappa shape index (κ3) is 4.55. The van der Waals surface area contributed by atoms with Crippen LogP contribution in [-0.2, 0) is 6.54 Å². The summed E-state index contributed by atoms with van der Waals surface area (Å²) < 4.78 is 0. The van der Waals surface area contributed by atoms with Gasteiger partial charge in [-0.3, -0.25) is 0 Å². The smallest absolute Gasteiger partial charge is 0.0205 e. The lowest BCUT2D eigenvalue weighted by Crippen LogP contribution is -3.00. The minimum absolute atomic E-state index is 0. The molecule has 0 saturated carbocycles. The minimum Gasteiger partial charge on any atom is -1.00 e. The fourth-order valence-electron chi connectivity index (χ4n) is 1.01. The van der Waals surface area contributed by atoms with Crippen LogP contribution in [-0.4, -0.2) is 12.8 Å². The summed E-state index contributed by atoms with van der Waals surface area (Å²) in [6.45, 7) is 4.13. The van der Waals surface area contributed by atoms with Gasteiger partial charge in [-0.25, -0.2) is 0 Å². The van der Waals surface area contributed by atoms with E-state index in [1.165, 1.54) is 10.5 Å². The number of rotatable bonds is 4. The summed E-state index contributed by atoms with van der Waals surface area (Å²) in [5.74, 6) is 0. The van der Waals surface area contributed by atoms with E-state index in [-0.39, 0.29) is 12.4 Å². The molecule has 1 rings (SSSR count). The molecule has 0 bridgehead atoms. The van der Waals surface area contributed by atoms with Gasteiger partial charge in [0.2, 0.25) is 0 Å². The van der Waals surface area contributed by atoms with Crippen molar-refractivity contribution in [2.75, 3.05) is 12.8 Å². The fourth-order valence-corrected chi connectivity index (χ4v) is 1.42. The highest BCUT2D eigenvalue weighted by molar-refractivity contribution is 7.98. The number of hydrogen-bond acceptors (Lipinski definition) is 2. The van der Waals surface area contributed by atoms with Crippen molar-refractivity contribution in [3.63, 3.8) is 0 Å². The minimum atomic E-state index is 0. The predicted octanol–water partition coefficient (Wildman–Crippen LogP) is -0.478. The average molecular weight is 217 g/mol. The van der Waals surface area contributed by atoms with E-state index in [1.807, 2.05) is 0 Å². The summed E-state index contributed by atoms with van der Waals surface area (Å²) in [4.78, 5) is 1.33. The molecule has 0 radical (unpaired) electrons.